The van der Waals surface area contributed by atoms with E-state index in [-0.39, 0.29) is 12.4 Å². The Bertz CT molecular complexity index is 323. The maximum Gasteiger partial charge on any atom is 0.185 e. The van der Waals surface area contributed by atoms with Crippen LogP contribution in [0, 0.1) is 0 Å². The van der Waals surface area contributed by atoms with E-state index < -0.39 is 0 Å². The second-order valence-electron chi connectivity index (χ2n) is 4.08. The van der Waals surface area contributed by atoms with Gasteiger partial charge in [0.15, 0.2) is 5.13 Å². The van der Waals surface area contributed by atoms with E-state index in [2.05, 4.69) is 21.7 Å². The summed E-state index contributed by atoms with van der Waals surface area (Å²) < 4.78 is 0. The second-order valence-corrected chi connectivity index (χ2v) is 5.17. The van der Waals surface area contributed by atoms with Gasteiger partial charge in [0.2, 0.25) is 0 Å². The van der Waals surface area contributed by atoms with E-state index in [1.54, 1.807) is 0 Å². The lowest BCUT2D eigenvalue weighted by molar-refractivity contribution is 0.265. The Kier molecular flexibility index (Phi) is 6.19. The van der Waals surface area contributed by atoms with E-state index >= 15 is 0 Å². The Morgan fingerprint density at radius 2 is 2.06 bits per heavy atom. The van der Waals surface area contributed by atoms with Gasteiger partial charge in [0.25, 0.3) is 0 Å². The first-order valence-corrected chi connectivity index (χ1v) is 6.77. The van der Waals surface area contributed by atoms with Gasteiger partial charge in [-0.15, -0.1) is 23.7 Å². The number of nitrogens with zero attached hydrogens (tertiary/aromatic N) is 3. The first-order chi connectivity index (χ1) is 7.83. The number of aromatic nitrogens is 1. The fourth-order valence-corrected chi connectivity index (χ4v) is 2.85. The molecular formula is C11H21ClN4S. The number of thiazole rings is 1. The molecule has 1 aromatic heterocycles. The molecule has 0 saturated carbocycles. The van der Waals surface area contributed by atoms with E-state index in [1.807, 2.05) is 17.5 Å². The van der Waals surface area contributed by atoms with Gasteiger partial charge in [0.05, 0.1) is 0 Å². The van der Waals surface area contributed by atoms with Gasteiger partial charge in [-0.1, -0.05) is 6.92 Å². The molecule has 1 fully saturated rings. The molecule has 2 N–H and O–H groups in total. The zero-order chi connectivity index (χ0) is 11.4. The van der Waals surface area contributed by atoms with Crippen molar-refractivity contribution in [2.75, 3.05) is 44.2 Å². The van der Waals surface area contributed by atoms with Crippen molar-refractivity contribution in [1.29, 1.82) is 0 Å². The van der Waals surface area contributed by atoms with E-state index in [0.29, 0.717) is 0 Å². The molecule has 1 aliphatic heterocycles. The molecule has 0 aliphatic carbocycles. The molecule has 0 amide bonds. The molecular weight excluding hydrogens is 256 g/mol. The SMILES string of the molecule is CCc1cnc(N2CCN(CCN)CC2)s1.Cl. The third-order valence-corrected chi connectivity index (χ3v) is 4.18. The summed E-state index contributed by atoms with van der Waals surface area (Å²) in [6.45, 7) is 8.34. The van der Waals surface area contributed by atoms with Crippen LogP contribution in [-0.4, -0.2) is 49.2 Å². The van der Waals surface area contributed by atoms with E-state index in [9.17, 15) is 0 Å². The van der Waals surface area contributed by atoms with Gasteiger partial charge in [-0.25, -0.2) is 4.98 Å². The van der Waals surface area contributed by atoms with Crippen molar-refractivity contribution >= 4 is 28.9 Å². The van der Waals surface area contributed by atoms with Crippen LogP contribution in [0.15, 0.2) is 6.20 Å². The van der Waals surface area contributed by atoms with Crippen molar-refractivity contribution in [3.8, 4) is 0 Å². The third-order valence-electron chi connectivity index (χ3n) is 2.98. The van der Waals surface area contributed by atoms with Gasteiger partial charge in [0, 0.05) is 50.3 Å². The van der Waals surface area contributed by atoms with Crippen LogP contribution in [0.1, 0.15) is 11.8 Å². The standard InChI is InChI=1S/C11H20N4S.ClH/c1-2-10-9-13-11(16-10)15-7-5-14(4-3-12)6-8-15;/h9H,2-8,12H2,1H3;1H. The van der Waals surface area contributed by atoms with Crippen LogP contribution in [0.25, 0.3) is 0 Å². The van der Waals surface area contributed by atoms with Crippen LogP contribution in [0.3, 0.4) is 0 Å². The zero-order valence-electron chi connectivity index (χ0n) is 10.3. The molecule has 0 atom stereocenters. The number of halogens is 1. The topological polar surface area (TPSA) is 45.4 Å². The summed E-state index contributed by atoms with van der Waals surface area (Å²) in [4.78, 5) is 10.7. The molecule has 1 aromatic rings. The number of piperazine rings is 1. The molecule has 4 nitrogen and oxygen atoms in total. The molecule has 2 heterocycles. The van der Waals surface area contributed by atoms with E-state index in [0.717, 1.165) is 45.7 Å². The first-order valence-electron chi connectivity index (χ1n) is 5.95. The lowest BCUT2D eigenvalue weighted by atomic mass is 10.3. The number of aryl methyl sites for hydroxylation is 1. The lowest BCUT2D eigenvalue weighted by Crippen LogP contribution is -2.47. The zero-order valence-corrected chi connectivity index (χ0v) is 11.9. The predicted octanol–water partition coefficient (Wildman–Crippen LogP) is 1.21. The van der Waals surface area contributed by atoms with Crippen LogP contribution < -0.4 is 10.6 Å². The minimum atomic E-state index is 0. The average Bonchev–Trinajstić information content (AvgIpc) is 2.79. The van der Waals surface area contributed by atoms with E-state index in [4.69, 9.17) is 5.73 Å². The minimum Gasteiger partial charge on any atom is -0.346 e. The van der Waals surface area contributed by atoms with Crippen molar-refractivity contribution in [1.82, 2.24) is 9.88 Å². The van der Waals surface area contributed by atoms with Crippen molar-refractivity contribution in [3.05, 3.63) is 11.1 Å². The number of hydrogen-bond acceptors (Lipinski definition) is 5. The molecule has 0 bridgehead atoms. The van der Waals surface area contributed by atoms with Crippen LogP contribution in [0.4, 0.5) is 5.13 Å². The minimum absolute atomic E-state index is 0. The summed E-state index contributed by atoms with van der Waals surface area (Å²) in [6, 6.07) is 0. The summed E-state index contributed by atoms with van der Waals surface area (Å²) in [5.41, 5.74) is 5.56. The maximum atomic E-state index is 5.56. The van der Waals surface area contributed by atoms with Crippen molar-refractivity contribution in [2.24, 2.45) is 5.73 Å². The van der Waals surface area contributed by atoms with Crippen molar-refractivity contribution in [3.63, 3.8) is 0 Å². The second kappa shape index (κ2) is 7.16. The molecule has 6 heteroatoms. The van der Waals surface area contributed by atoms with Gasteiger partial charge >= 0.3 is 0 Å². The quantitative estimate of drug-likeness (QED) is 0.898. The van der Waals surface area contributed by atoms with Crippen molar-refractivity contribution in [2.45, 2.75) is 13.3 Å². The third kappa shape index (κ3) is 3.81. The van der Waals surface area contributed by atoms with Gasteiger partial charge in [-0.2, -0.15) is 0 Å². The highest BCUT2D eigenvalue weighted by Gasteiger charge is 2.18. The van der Waals surface area contributed by atoms with Gasteiger partial charge < -0.3 is 10.6 Å². The number of anilines is 1. The molecule has 1 aliphatic rings. The normalized spacial score (nSPS) is 16.9. The number of rotatable bonds is 4. The summed E-state index contributed by atoms with van der Waals surface area (Å²) >= 11 is 1.83. The van der Waals surface area contributed by atoms with Crippen molar-refractivity contribution < 1.29 is 0 Å². The Balaban J connectivity index is 0.00000144. The number of hydrogen-bond donors (Lipinski definition) is 1. The largest absolute Gasteiger partial charge is 0.346 e. The molecule has 17 heavy (non-hydrogen) atoms. The fourth-order valence-electron chi connectivity index (χ4n) is 1.95. The van der Waals surface area contributed by atoms with Gasteiger partial charge in [0.1, 0.15) is 0 Å². The smallest absolute Gasteiger partial charge is 0.185 e. The van der Waals surface area contributed by atoms with Gasteiger partial charge in [-0.3, -0.25) is 4.90 Å². The Morgan fingerprint density at radius 3 is 2.59 bits per heavy atom. The van der Waals surface area contributed by atoms with Crippen LogP contribution >= 0.6 is 23.7 Å². The maximum absolute atomic E-state index is 5.56. The van der Waals surface area contributed by atoms with E-state index in [1.165, 1.54) is 10.0 Å². The van der Waals surface area contributed by atoms with Crippen LogP contribution in [0.2, 0.25) is 0 Å². The fraction of sp³-hybridized carbons (Fsp3) is 0.727. The molecule has 1 saturated heterocycles. The lowest BCUT2D eigenvalue weighted by Gasteiger charge is -2.34. The summed E-state index contributed by atoms with van der Waals surface area (Å²) in [7, 11) is 0. The summed E-state index contributed by atoms with van der Waals surface area (Å²) in [6.07, 6.45) is 3.09. The number of nitrogens with two attached hydrogens (primary N) is 1. The Labute approximate surface area is 113 Å². The highest BCUT2D eigenvalue weighted by atomic mass is 35.5. The van der Waals surface area contributed by atoms with Crippen LogP contribution in [-0.2, 0) is 6.42 Å². The predicted molar refractivity (Wildman–Crippen MR) is 76.4 cm³/mol. The first kappa shape index (κ1) is 14.7. The Morgan fingerprint density at radius 1 is 1.35 bits per heavy atom. The average molecular weight is 277 g/mol. The molecule has 2 rings (SSSR count). The monoisotopic (exact) mass is 276 g/mol. The Hall–Kier alpha value is -0.360. The molecule has 0 aromatic carbocycles. The van der Waals surface area contributed by atoms with Gasteiger partial charge in [-0.05, 0) is 6.42 Å². The molecule has 0 spiro atoms. The molecule has 98 valence electrons. The highest BCUT2D eigenvalue weighted by Crippen LogP contribution is 2.23. The summed E-state index contributed by atoms with van der Waals surface area (Å²) in [5.74, 6) is 0. The molecule has 0 radical (unpaired) electrons. The summed E-state index contributed by atoms with van der Waals surface area (Å²) in [5, 5.41) is 1.18. The molecule has 0 unspecified atom stereocenters. The highest BCUT2D eigenvalue weighted by molar-refractivity contribution is 7.15. The van der Waals surface area contributed by atoms with Crippen LogP contribution in [0.5, 0.6) is 0 Å².